The van der Waals surface area contributed by atoms with Crippen LogP contribution >= 0.6 is 11.6 Å². The summed E-state index contributed by atoms with van der Waals surface area (Å²) >= 11 is 6.65. The van der Waals surface area contributed by atoms with Gasteiger partial charge in [0.2, 0.25) is 15.9 Å². The van der Waals surface area contributed by atoms with Crippen molar-refractivity contribution >= 4 is 55.2 Å². The van der Waals surface area contributed by atoms with Gasteiger partial charge in [-0.25, -0.2) is 44.1 Å². The molecule has 12 nitrogen and oxygen atoms in total. The zero-order chi connectivity index (χ0) is 44.2. The van der Waals surface area contributed by atoms with E-state index in [2.05, 4.69) is 20.2 Å². The van der Waals surface area contributed by atoms with Gasteiger partial charge in [0.15, 0.2) is 5.82 Å². The van der Waals surface area contributed by atoms with Gasteiger partial charge < -0.3 is 5.32 Å². The standard InChI is InChI=1S/C41H32ClF7N8O4S/c1-20-12-31(38(48)49)52-55(20)19-35(58)50-32(15-21-13-23(43)17-24(44)14-21)40-51-30-16-22(26-4-2-3-5-29(26)45)6-9-27(30)41(59)57(40)33-11-10-28(42)36-37(33)56(18-34(46)47)53-39(36)54-62(60,61)25-7-8-25/h2-6,9-14,16-17,25,32,34,38H,7-8,15,18-19H2,1H3,(H,50,58)(H,53,54)/t32-/m0/s1. The molecule has 8 rings (SSSR count). The molecular weight excluding hydrogens is 869 g/mol. The van der Waals surface area contributed by atoms with Crippen molar-refractivity contribution in [2.24, 2.45) is 0 Å². The maximum absolute atomic E-state index is 15.1. The molecule has 0 saturated heterocycles. The Bertz CT molecular complexity index is 3060. The highest BCUT2D eigenvalue weighted by Crippen LogP contribution is 2.38. The summed E-state index contributed by atoms with van der Waals surface area (Å²) in [4.78, 5) is 33.7. The number of fused-ring (bicyclic) bond motifs is 2. The van der Waals surface area contributed by atoms with Crippen LogP contribution in [-0.2, 0) is 34.3 Å². The molecule has 0 aliphatic heterocycles. The topological polar surface area (TPSA) is 146 Å². The van der Waals surface area contributed by atoms with Gasteiger partial charge in [0.25, 0.3) is 18.4 Å². The highest BCUT2D eigenvalue weighted by atomic mass is 35.5. The normalized spacial score (nSPS) is 13.7. The Hall–Kier alpha value is -6.28. The third kappa shape index (κ3) is 8.48. The molecule has 21 heteroatoms. The molecule has 1 saturated carbocycles. The Morgan fingerprint density at radius 3 is 2.31 bits per heavy atom. The van der Waals surface area contributed by atoms with Crippen molar-refractivity contribution in [3.8, 4) is 16.8 Å². The quantitative estimate of drug-likeness (QED) is 0.105. The molecule has 0 bridgehead atoms. The van der Waals surface area contributed by atoms with Gasteiger partial charge in [-0.05, 0) is 79.4 Å². The van der Waals surface area contributed by atoms with E-state index in [-0.39, 0.29) is 60.7 Å². The van der Waals surface area contributed by atoms with E-state index in [1.165, 1.54) is 55.5 Å². The lowest BCUT2D eigenvalue weighted by Crippen LogP contribution is -2.37. The molecule has 4 aromatic carbocycles. The lowest BCUT2D eigenvalue weighted by Gasteiger charge is -2.24. The lowest BCUT2D eigenvalue weighted by molar-refractivity contribution is -0.122. The average molecular weight is 901 g/mol. The number of anilines is 1. The molecule has 2 N–H and O–H groups in total. The third-order valence-corrected chi connectivity index (χ3v) is 12.3. The molecule has 3 aromatic heterocycles. The third-order valence-electron chi connectivity index (χ3n) is 10.2. The second kappa shape index (κ2) is 16.5. The van der Waals surface area contributed by atoms with Crippen LogP contribution in [0.4, 0.5) is 36.6 Å². The van der Waals surface area contributed by atoms with Crippen LogP contribution in [0.2, 0.25) is 5.02 Å². The summed E-state index contributed by atoms with van der Waals surface area (Å²) in [5.41, 5.74) is -1.48. The van der Waals surface area contributed by atoms with Gasteiger partial charge in [-0.3, -0.25) is 28.2 Å². The van der Waals surface area contributed by atoms with E-state index in [1.54, 1.807) is 6.07 Å². The zero-order valence-corrected chi connectivity index (χ0v) is 33.7. The van der Waals surface area contributed by atoms with Crippen LogP contribution in [0.3, 0.4) is 0 Å². The fraction of sp³-hybridized carbons (Fsp3) is 0.244. The van der Waals surface area contributed by atoms with Gasteiger partial charge in [-0.1, -0.05) is 35.9 Å². The number of nitrogens with zero attached hydrogens (tertiary/aromatic N) is 6. The Labute approximate surface area is 352 Å². The minimum atomic E-state index is -4.05. The summed E-state index contributed by atoms with van der Waals surface area (Å²) in [7, 11) is -4.05. The smallest absolute Gasteiger partial charge is 0.282 e. The average Bonchev–Trinajstić information content (AvgIpc) is 3.93. The molecule has 1 aliphatic carbocycles. The number of rotatable bonds is 14. The highest BCUT2D eigenvalue weighted by molar-refractivity contribution is 7.93. The van der Waals surface area contributed by atoms with E-state index >= 15 is 9.18 Å². The fourth-order valence-electron chi connectivity index (χ4n) is 7.26. The largest absolute Gasteiger partial charge is 0.344 e. The van der Waals surface area contributed by atoms with Gasteiger partial charge in [0.1, 0.15) is 42.1 Å². The van der Waals surface area contributed by atoms with E-state index in [9.17, 15) is 39.6 Å². The molecule has 0 radical (unpaired) electrons. The number of hydrogen-bond donors (Lipinski definition) is 2. The van der Waals surface area contributed by atoms with Crippen LogP contribution in [0.15, 0.2) is 83.7 Å². The number of aromatic nitrogens is 6. The van der Waals surface area contributed by atoms with Crippen LogP contribution in [0.5, 0.6) is 0 Å². The number of amides is 1. The number of benzene rings is 4. The summed E-state index contributed by atoms with van der Waals surface area (Å²) in [5.74, 6) is -4.24. The van der Waals surface area contributed by atoms with Gasteiger partial charge in [-0.15, -0.1) is 0 Å². The van der Waals surface area contributed by atoms with E-state index < -0.39 is 94.1 Å². The van der Waals surface area contributed by atoms with E-state index in [1.807, 2.05) is 0 Å². The van der Waals surface area contributed by atoms with E-state index in [4.69, 9.17) is 16.6 Å². The van der Waals surface area contributed by atoms with Crippen molar-refractivity contribution < 1.29 is 43.9 Å². The van der Waals surface area contributed by atoms with Crippen molar-refractivity contribution in [1.29, 1.82) is 0 Å². The lowest BCUT2D eigenvalue weighted by atomic mass is 10.0. The van der Waals surface area contributed by atoms with Crippen LogP contribution in [0.1, 0.15) is 48.1 Å². The van der Waals surface area contributed by atoms with Crippen molar-refractivity contribution in [3.63, 3.8) is 0 Å². The molecule has 1 fully saturated rings. The number of sulfonamides is 1. The molecule has 0 unspecified atom stereocenters. The molecule has 1 amide bonds. The number of hydrogen-bond acceptors (Lipinski definition) is 7. The predicted octanol–water partition coefficient (Wildman–Crippen LogP) is 8.19. The van der Waals surface area contributed by atoms with E-state index in [0.29, 0.717) is 18.9 Å². The van der Waals surface area contributed by atoms with Crippen molar-refractivity contribution in [1.82, 2.24) is 34.4 Å². The summed E-state index contributed by atoms with van der Waals surface area (Å²) in [6.07, 6.45) is -5.81. The van der Waals surface area contributed by atoms with Crippen LogP contribution in [0, 0.1) is 24.4 Å². The van der Waals surface area contributed by atoms with Gasteiger partial charge in [-0.2, -0.15) is 10.2 Å². The molecule has 1 aliphatic rings. The second-order valence-electron chi connectivity index (χ2n) is 14.7. The monoisotopic (exact) mass is 900 g/mol. The van der Waals surface area contributed by atoms with E-state index in [0.717, 1.165) is 32.1 Å². The Morgan fingerprint density at radius 2 is 1.65 bits per heavy atom. The summed E-state index contributed by atoms with van der Waals surface area (Å²) in [6.45, 7) is -0.334. The number of carbonyl (C=O) groups excluding carboxylic acids is 1. The second-order valence-corrected chi connectivity index (χ2v) is 17.0. The molecule has 62 heavy (non-hydrogen) atoms. The number of aryl methyl sites for hydroxylation is 1. The Kier molecular flexibility index (Phi) is 11.3. The molecule has 0 spiro atoms. The maximum Gasteiger partial charge on any atom is 0.282 e. The summed E-state index contributed by atoms with van der Waals surface area (Å²) < 4.78 is 131. The first-order chi connectivity index (χ1) is 29.5. The first-order valence-electron chi connectivity index (χ1n) is 18.8. The maximum atomic E-state index is 15.1. The number of carbonyl (C=O) groups is 1. The zero-order valence-electron chi connectivity index (χ0n) is 32.1. The first kappa shape index (κ1) is 42.4. The predicted molar refractivity (Wildman–Crippen MR) is 215 cm³/mol. The minimum Gasteiger partial charge on any atom is -0.344 e. The van der Waals surface area contributed by atoms with Gasteiger partial charge in [0.05, 0.1) is 43.8 Å². The number of alkyl halides is 4. The number of halogens is 8. The molecule has 7 aromatic rings. The van der Waals surface area contributed by atoms with Crippen molar-refractivity contribution in [2.45, 2.75) is 63.4 Å². The van der Waals surface area contributed by atoms with Crippen molar-refractivity contribution in [2.75, 3.05) is 4.72 Å². The van der Waals surface area contributed by atoms with Crippen molar-refractivity contribution in [3.05, 3.63) is 134 Å². The number of nitrogens with one attached hydrogen (secondary N) is 2. The molecule has 3 heterocycles. The van der Waals surface area contributed by atoms with Crippen LogP contribution in [-0.4, -0.2) is 55.1 Å². The summed E-state index contributed by atoms with van der Waals surface area (Å²) in [6, 6.07) is 14.6. The molecule has 1 atom stereocenters. The molecule has 322 valence electrons. The SMILES string of the molecule is Cc1cc(C(F)F)nn1CC(=O)N[C@@H](Cc1cc(F)cc(F)c1)c1nc2cc(-c3ccccc3F)ccc2c(=O)n1-c1ccc(Cl)c2c(NS(=O)(=O)C3CC3)nn(CC(F)F)c12. The van der Waals surface area contributed by atoms with Crippen LogP contribution in [0.25, 0.3) is 38.6 Å². The van der Waals surface area contributed by atoms with Gasteiger partial charge >= 0.3 is 0 Å². The summed E-state index contributed by atoms with van der Waals surface area (Å²) in [5, 5.41) is 9.47. The Balaban J connectivity index is 1.39. The molecular formula is C41H32ClF7N8O4S. The van der Waals surface area contributed by atoms with Gasteiger partial charge in [0, 0.05) is 23.7 Å². The first-order valence-corrected chi connectivity index (χ1v) is 20.8. The Morgan fingerprint density at radius 1 is 0.919 bits per heavy atom. The highest BCUT2D eigenvalue weighted by Gasteiger charge is 2.37. The fourth-order valence-corrected chi connectivity index (χ4v) is 8.83. The minimum absolute atomic E-state index is 0.0511. The van der Waals surface area contributed by atoms with Crippen LogP contribution < -0.4 is 15.6 Å².